The van der Waals surface area contributed by atoms with Gasteiger partial charge in [-0.2, -0.15) is 13.2 Å². The lowest BCUT2D eigenvalue weighted by molar-refractivity contribution is -0.137. The van der Waals surface area contributed by atoms with Crippen LogP contribution in [0.1, 0.15) is 5.56 Å². The summed E-state index contributed by atoms with van der Waals surface area (Å²) < 4.78 is 48.1. The highest BCUT2D eigenvalue weighted by Crippen LogP contribution is 2.39. The van der Waals surface area contributed by atoms with Crippen molar-refractivity contribution >= 4 is 5.65 Å². The monoisotopic (exact) mass is 355 g/mol. The maximum absolute atomic E-state index is 13.7. The summed E-state index contributed by atoms with van der Waals surface area (Å²) in [4.78, 5) is 8.08. The fourth-order valence-electron chi connectivity index (χ4n) is 2.74. The van der Waals surface area contributed by atoms with E-state index in [9.17, 15) is 13.2 Å². The number of imidazole rings is 1. The summed E-state index contributed by atoms with van der Waals surface area (Å²) in [6.07, 6.45) is 0.142. The summed E-state index contributed by atoms with van der Waals surface area (Å²) in [5, 5.41) is 0. The van der Waals surface area contributed by atoms with Gasteiger partial charge in [-0.3, -0.25) is 4.40 Å². The first kappa shape index (κ1) is 16.1. The normalized spacial score (nSPS) is 11.7. The van der Waals surface area contributed by atoms with E-state index in [-0.39, 0.29) is 17.2 Å². The summed E-state index contributed by atoms with van der Waals surface area (Å²) in [5.41, 5.74) is 0.239. The number of halogens is 3. The Morgan fingerprint density at radius 2 is 1.77 bits per heavy atom. The molecular weight excluding hydrogens is 343 g/mol. The molecular formula is C19H12F3N3O. The molecule has 0 unspecified atom stereocenters. The lowest BCUT2D eigenvalue weighted by Crippen LogP contribution is -2.08. The molecule has 4 rings (SSSR count). The standard InChI is InChI=1S/C19H12F3N3O/c20-19(21,22)15-12-13(26-18-6-1-2-9-24-18)7-8-14(15)16-4-3-5-17-23-10-11-25(16)17/h1-12H. The zero-order chi connectivity index (χ0) is 18.1. The number of ether oxygens (including phenoxy) is 1. The van der Waals surface area contributed by atoms with Crippen molar-refractivity contribution in [3.05, 3.63) is 78.8 Å². The molecule has 0 amide bonds. The third-order valence-electron chi connectivity index (χ3n) is 3.86. The number of rotatable bonds is 3. The number of hydrogen-bond donors (Lipinski definition) is 0. The molecule has 0 saturated heterocycles. The van der Waals surface area contributed by atoms with Gasteiger partial charge in [-0.1, -0.05) is 12.1 Å². The summed E-state index contributed by atoms with van der Waals surface area (Å²) in [6.45, 7) is 0. The fraction of sp³-hybridized carbons (Fsp3) is 0.0526. The van der Waals surface area contributed by atoms with Gasteiger partial charge >= 0.3 is 6.18 Å². The van der Waals surface area contributed by atoms with Crippen molar-refractivity contribution in [2.24, 2.45) is 0 Å². The zero-order valence-corrected chi connectivity index (χ0v) is 13.3. The van der Waals surface area contributed by atoms with Crippen molar-refractivity contribution in [3.8, 4) is 22.9 Å². The van der Waals surface area contributed by atoms with Gasteiger partial charge in [0.25, 0.3) is 0 Å². The lowest BCUT2D eigenvalue weighted by atomic mass is 10.0. The molecule has 0 atom stereocenters. The van der Waals surface area contributed by atoms with Gasteiger partial charge < -0.3 is 4.74 Å². The highest BCUT2D eigenvalue weighted by atomic mass is 19.4. The minimum Gasteiger partial charge on any atom is -0.439 e. The predicted molar refractivity (Wildman–Crippen MR) is 89.9 cm³/mol. The van der Waals surface area contributed by atoms with Crippen LogP contribution in [-0.2, 0) is 6.18 Å². The van der Waals surface area contributed by atoms with E-state index in [0.29, 0.717) is 11.3 Å². The largest absolute Gasteiger partial charge is 0.439 e. The SMILES string of the molecule is FC(F)(F)c1cc(Oc2ccccn2)ccc1-c1cccc2nccn12. The maximum atomic E-state index is 13.7. The van der Waals surface area contributed by atoms with Gasteiger partial charge in [0.1, 0.15) is 11.4 Å². The fourth-order valence-corrected chi connectivity index (χ4v) is 2.74. The minimum absolute atomic E-state index is 0.0504. The topological polar surface area (TPSA) is 39.4 Å². The summed E-state index contributed by atoms with van der Waals surface area (Å²) in [6, 6.07) is 13.9. The Bertz CT molecular complexity index is 1060. The maximum Gasteiger partial charge on any atom is 0.417 e. The average Bonchev–Trinajstić information content (AvgIpc) is 3.11. The quantitative estimate of drug-likeness (QED) is 0.507. The van der Waals surface area contributed by atoms with E-state index in [1.54, 1.807) is 53.2 Å². The van der Waals surface area contributed by atoms with Crippen molar-refractivity contribution in [1.29, 1.82) is 0 Å². The lowest BCUT2D eigenvalue weighted by Gasteiger charge is -2.16. The second-order valence-electron chi connectivity index (χ2n) is 5.54. The van der Waals surface area contributed by atoms with Crippen molar-refractivity contribution < 1.29 is 17.9 Å². The van der Waals surface area contributed by atoms with Gasteiger partial charge in [0.05, 0.1) is 11.3 Å². The Morgan fingerprint density at radius 1 is 0.885 bits per heavy atom. The van der Waals surface area contributed by atoms with Crippen molar-refractivity contribution in [2.75, 3.05) is 0 Å². The summed E-state index contributed by atoms with van der Waals surface area (Å²) in [7, 11) is 0. The van der Waals surface area contributed by atoms with Gasteiger partial charge in [0.15, 0.2) is 0 Å². The smallest absolute Gasteiger partial charge is 0.417 e. The Hall–Kier alpha value is -3.35. The van der Waals surface area contributed by atoms with Crippen LogP contribution in [0.15, 0.2) is 73.2 Å². The van der Waals surface area contributed by atoms with E-state index in [0.717, 1.165) is 6.07 Å². The average molecular weight is 355 g/mol. The van der Waals surface area contributed by atoms with Crippen LogP contribution in [0.5, 0.6) is 11.6 Å². The first-order valence-corrected chi connectivity index (χ1v) is 7.75. The number of alkyl halides is 3. The Balaban J connectivity index is 1.84. The molecule has 0 fully saturated rings. The highest BCUT2D eigenvalue weighted by molar-refractivity contribution is 5.69. The van der Waals surface area contributed by atoms with Crippen LogP contribution in [0.3, 0.4) is 0 Å². The van der Waals surface area contributed by atoms with E-state index in [1.165, 1.54) is 18.3 Å². The number of benzene rings is 1. The first-order valence-electron chi connectivity index (χ1n) is 7.75. The molecule has 26 heavy (non-hydrogen) atoms. The molecule has 0 bridgehead atoms. The number of fused-ring (bicyclic) bond motifs is 1. The first-order chi connectivity index (χ1) is 12.5. The molecule has 0 saturated carbocycles. The Labute approximate surface area is 146 Å². The number of hydrogen-bond acceptors (Lipinski definition) is 3. The van der Waals surface area contributed by atoms with Crippen LogP contribution >= 0.6 is 0 Å². The van der Waals surface area contributed by atoms with Crippen LogP contribution in [0, 0.1) is 0 Å². The number of nitrogens with zero attached hydrogens (tertiary/aromatic N) is 3. The molecule has 0 spiro atoms. The van der Waals surface area contributed by atoms with Crippen LogP contribution in [0.4, 0.5) is 13.2 Å². The molecule has 0 aliphatic heterocycles. The summed E-state index contributed by atoms with van der Waals surface area (Å²) in [5.74, 6) is 0.294. The van der Waals surface area contributed by atoms with Gasteiger partial charge in [-0.05, 0) is 36.4 Å². The highest BCUT2D eigenvalue weighted by Gasteiger charge is 2.34. The molecule has 1 aromatic carbocycles. The van der Waals surface area contributed by atoms with E-state index in [1.807, 2.05) is 0 Å². The molecule has 0 aliphatic carbocycles. The molecule has 4 aromatic rings. The molecule has 3 heterocycles. The van der Waals surface area contributed by atoms with E-state index in [4.69, 9.17) is 4.74 Å². The van der Waals surface area contributed by atoms with Gasteiger partial charge in [0, 0.05) is 30.2 Å². The summed E-state index contributed by atoms with van der Waals surface area (Å²) >= 11 is 0. The van der Waals surface area contributed by atoms with E-state index >= 15 is 0 Å². The third kappa shape index (κ3) is 2.99. The molecule has 0 radical (unpaired) electrons. The van der Waals surface area contributed by atoms with E-state index in [2.05, 4.69) is 9.97 Å². The van der Waals surface area contributed by atoms with Crippen LogP contribution in [-0.4, -0.2) is 14.4 Å². The molecule has 0 aliphatic rings. The van der Waals surface area contributed by atoms with Gasteiger partial charge in [-0.25, -0.2) is 9.97 Å². The molecule has 0 N–H and O–H groups in total. The molecule has 130 valence electrons. The van der Waals surface area contributed by atoms with E-state index < -0.39 is 11.7 Å². The van der Waals surface area contributed by atoms with Gasteiger partial charge in [0.2, 0.25) is 5.88 Å². The van der Waals surface area contributed by atoms with Crippen molar-refractivity contribution in [2.45, 2.75) is 6.18 Å². The second-order valence-corrected chi connectivity index (χ2v) is 5.54. The number of aromatic nitrogens is 3. The number of pyridine rings is 2. The Kier molecular flexibility index (Phi) is 3.84. The molecule has 3 aromatic heterocycles. The predicted octanol–water partition coefficient (Wildman–Crippen LogP) is 5.21. The molecule has 7 heteroatoms. The van der Waals surface area contributed by atoms with Gasteiger partial charge in [-0.15, -0.1) is 0 Å². The van der Waals surface area contributed by atoms with Crippen LogP contribution in [0.25, 0.3) is 16.9 Å². The molecule has 4 nitrogen and oxygen atoms in total. The van der Waals surface area contributed by atoms with Crippen LogP contribution < -0.4 is 4.74 Å². The Morgan fingerprint density at radius 3 is 2.54 bits per heavy atom. The van der Waals surface area contributed by atoms with Crippen LogP contribution in [0.2, 0.25) is 0 Å². The second kappa shape index (κ2) is 6.18. The zero-order valence-electron chi connectivity index (χ0n) is 13.3. The van der Waals surface area contributed by atoms with Crippen molar-refractivity contribution in [1.82, 2.24) is 14.4 Å². The minimum atomic E-state index is -4.54. The van der Waals surface area contributed by atoms with Crippen molar-refractivity contribution in [3.63, 3.8) is 0 Å². The third-order valence-corrected chi connectivity index (χ3v) is 3.86.